The highest BCUT2D eigenvalue weighted by molar-refractivity contribution is 9.10. The molecule has 2 aromatic carbocycles. The summed E-state index contributed by atoms with van der Waals surface area (Å²) in [7, 11) is 1.64. The molecule has 0 heterocycles. The third-order valence-corrected chi connectivity index (χ3v) is 3.25. The predicted molar refractivity (Wildman–Crippen MR) is 90.1 cm³/mol. The van der Waals surface area contributed by atoms with Crippen LogP contribution in [-0.4, -0.2) is 19.9 Å². The third kappa shape index (κ3) is 4.46. The maximum absolute atomic E-state index is 5.62. The Labute approximate surface area is 133 Å². The number of nitrogens with zero attached hydrogens (tertiary/aromatic N) is 1. The molecule has 0 fully saturated rings. The molecule has 0 aliphatic heterocycles. The van der Waals surface area contributed by atoms with E-state index in [-0.39, 0.29) is 0 Å². The maximum Gasteiger partial charge on any atom is 0.128 e. The van der Waals surface area contributed by atoms with Crippen LogP contribution in [0.1, 0.15) is 5.56 Å². The van der Waals surface area contributed by atoms with E-state index in [1.807, 2.05) is 42.5 Å². The molecule has 2 rings (SSSR count). The Hall–Kier alpha value is -2.07. The second kappa shape index (κ2) is 7.64. The number of ether oxygens (including phenoxy) is 2. The minimum atomic E-state index is 0.463. The van der Waals surface area contributed by atoms with Gasteiger partial charge in [0.15, 0.2) is 0 Å². The van der Waals surface area contributed by atoms with Gasteiger partial charge >= 0.3 is 0 Å². The highest BCUT2D eigenvalue weighted by Gasteiger charge is 2.02. The van der Waals surface area contributed by atoms with Crippen LogP contribution in [0.15, 0.2) is 64.6 Å². The second-order valence-corrected chi connectivity index (χ2v) is 5.15. The van der Waals surface area contributed by atoms with E-state index in [4.69, 9.17) is 9.47 Å². The van der Waals surface area contributed by atoms with Gasteiger partial charge in [-0.05, 0) is 42.5 Å². The molecule has 0 saturated heterocycles. The van der Waals surface area contributed by atoms with E-state index >= 15 is 0 Å². The van der Waals surface area contributed by atoms with Crippen LogP contribution < -0.4 is 9.47 Å². The number of halogens is 1. The van der Waals surface area contributed by atoms with Crippen molar-refractivity contribution in [3.8, 4) is 11.5 Å². The molecule has 0 saturated carbocycles. The van der Waals surface area contributed by atoms with Crippen LogP contribution >= 0.6 is 15.9 Å². The van der Waals surface area contributed by atoms with Crippen LogP contribution in [0.25, 0.3) is 0 Å². The van der Waals surface area contributed by atoms with Crippen molar-refractivity contribution in [2.24, 2.45) is 4.99 Å². The topological polar surface area (TPSA) is 30.8 Å². The zero-order valence-corrected chi connectivity index (χ0v) is 13.3. The van der Waals surface area contributed by atoms with E-state index in [0.717, 1.165) is 27.2 Å². The van der Waals surface area contributed by atoms with Crippen molar-refractivity contribution in [1.29, 1.82) is 0 Å². The summed E-state index contributed by atoms with van der Waals surface area (Å²) in [6, 6.07) is 13.4. The van der Waals surface area contributed by atoms with Crippen molar-refractivity contribution in [2.75, 3.05) is 13.7 Å². The van der Waals surface area contributed by atoms with Crippen molar-refractivity contribution >= 4 is 27.8 Å². The zero-order chi connectivity index (χ0) is 15.1. The molecule has 0 aliphatic carbocycles. The van der Waals surface area contributed by atoms with Gasteiger partial charge in [0, 0.05) is 16.3 Å². The average Bonchev–Trinajstić information content (AvgIpc) is 2.52. The van der Waals surface area contributed by atoms with E-state index < -0.39 is 0 Å². The van der Waals surface area contributed by atoms with Crippen LogP contribution in [0.3, 0.4) is 0 Å². The van der Waals surface area contributed by atoms with Gasteiger partial charge in [0.25, 0.3) is 0 Å². The SMILES string of the molecule is C=CCOc1ccc(Br)cc1C=Nc1ccc(OC)cc1. The van der Waals surface area contributed by atoms with E-state index in [0.29, 0.717) is 6.61 Å². The van der Waals surface area contributed by atoms with Gasteiger partial charge in [-0.15, -0.1) is 0 Å². The molecule has 3 nitrogen and oxygen atoms in total. The fourth-order valence-corrected chi connectivity index (χ4v) is 2.09. The molecule has 0 aliphatic rings. The van der Waals surface area contributed by atoms with Gasteiger partial charge in [0.2, 0.25) is 0 Å². The highest BCUT2D eigenvalue weighted by atomic mass is 79.9. The van der Waals surface area contributed by atoms with Crippen LogP contribution in [0.4, 0.5) is 5.69 Å². The lowest BCUT2D eigenvalue weighted by atomic mass is 10.2. The van der Waals surface area contributed by atoms with Gasteiger partial charge in [0.1, 0.15) is 18.1 Å². The van der Waals surface area contributed by atoms with Gasteiger partial charge in [-0.2, -0.15) is 0 Å². The van der Waals surface area contributed by atoms with Gasteiger partial charge in [0.05, 0.1) is 12.8 Å². The lowest BCUT2D eigenvalue weighted by Crippen LogP contribution is -1.96. The first kappa shape index (κ1) is 15.3. The largest absolute Gasteiger partial charge is 0.497 e. The summed E-state index contributed by atoms with van der Waals surface area (Å²) in [5.41, 5.74) is 1.76. The number of methoxy groups -OCH3 is 1. The maximum atomic E-state index is 5.62. The number of rotatable bonds is 6. The summed E-state index contributed by atoms with van der Waals surface area (Å²) in [6.07, 6.45) is 3.50. The summed E-state index contributed by atoms with van der Waals surface area (Å²) in [6.45, 7) is 4.12. The van der Waals surface area contributed by atoms with Crippen molar-refractivity contribution in [1.82, 2.24) is 0 Å². The van der Waals surface area contributed by atoms with Crippen molar-refractivity contribution in [3.05, 3.63) is 65.2 Å². The first-order valence-electron chi connectivity index (χ1n) is 6.44. The quantitative estimate of drug-likeness (QED) is 0.557. The summed E-state index contributed by atoms with van der Waals surface area (Å²) < 4.78 is 11.7. The molecule has 0 aromatic heterocycles. The monoisotopic (exact) mass is 345 g/mol. The lowest BCUT2D eigenvalue weighted by Gasteiger charge is -2.07. The highest BCUT2D eigenvalue weighted by Crippen LogP contribution is 2.23. The van der Waals surface area contributed by atoms with Gasteiger partial charge in [-0.25, -0.2) is 0 Å². The molecule has 4 heteroatoms. The molecule has 0 unspecified atom stereocenters. The van der Waals surface area contributed by atoms with Crippen LogP contribution in [0.2, 0.25) is 0 Å². The molecule has 0 N–H and O–H groups in total. The Morgan fingerprint density at radius 2 is 1.95 bits per heavy atom. The third-order valence-electron chi connectivity index (χ3n) is 2.75. The molecule has 0 atom stereocenters. The van der Waals surface area contributed by atoms with Gasteiger partial charge < -0.3 is 9.47 Å². The Bertz CT molecular complexity index is 636. The Balaban J connectivity index is 2.21. The summed E-state index contributed by atoms with van der Waals surface area (Å²) in [5.74, 6) is 1.58. The Morgan fingerprint density at radius 3 is 2.62 bits per heavy atom. The van der Waals surface area contributed by atoms with E-state index in [1.54, 1.807) is 19.4 Å². The van der Waals surface area contributed by atoms with Crippen molar-refractivity contribution < 1.29 is 9.47 Å². The van der Waals surface area contributed by atoms with Crippen molar-refractivity contribution in [3.63, 3.8) is 0 Å². The summed E-state index contributed by atoms with van der Waals surface area (Å²) in [5, 5.41) is 0. The predicted octanol–water partition coefficient (Wildman–Crippen LogP) is 4.77. The molecular formula is C17H16BrNO2. The molecule has 21 heavy (non-hydrogen) atoms. The van der Waals surface area contributed by atoms with Crippen molar-refractivity contribution in [2.45, 2.75) is 0 Å². The smallest absolute Gasteiger partial charge is 0.128 e. The Kier molecular flexibility index (Phi) is 5.58. The zero-order valence-electron chi connectivity index (χ0n) is 11.8. The van der Waals surface area contributed by atoms with E-state index in [1.165, 1.54) is 0 Å². The number of hydrogen-bond donors (Lipinski definition) is 0. The number of benzene rings is 2. The number of aliphatic imine (C=N–C) groups is 1. The average molecular weight is 346 g/mol. The number of hydrogen-bond acceptors (Lipinski definition) is 3. The molecule has 0 amide bonds. The fraction of sp³-hybridized carbons (Fsp3) is 0.118. The second-order valence-electron chi connectivity index (χ2n) is 4.24. The minimum Gasteiger partial charge on any atom is -0.497 e. The summed E-state index contributed by atoms with van der Waals surface area (Å²) >= 11 is 3.46. The molecule has 108 valence electrons. The first-order valence-corrected chi connectivity index (χ1v) is 7.23. The lowest BCUT2D eigenvalue weighted by molar-refractivity contribution is 0.362. The molecule has 2 aromatic rings. The first-order chi connectivity index (χ1) is 10.2. The minimum absolute atomic E-state index is 0.463. The normalized spacial score (nSPS) is 10.6. The van der Waals surface area contributed by atoms with Crippen LogP contribution in [0, 0.1) is 0 Å². The standard InChI is InChI=1S/C17H16BrNO2/c1-3-10-21-17-9-4-14(18)11-13(17)12-19-15-5-7-16(20-2)8-6-15/h3-9,11-12H,1,10H2,2H3. The van der Waals surface area contributed by atoms with Gasteiger partial charge in [-0.1, -0.05) is 28.6 Å². The van der Waals surface area contributed by atoms with E-state index in [2.05, 4.69) is 27.5 Å². The molecule has 0 radical (unpaired) electrons. The van der Waals surface area contributed by atoms with Gasteiger partial charge in [-0.3, -0.25) is 4.99 Å². The summed E-state index contributed by atoms with van der Waals surface area (Å²) in [4.78, 5) is 4.45. The Morgan fingerprint density at radius 1 is 1.19 bits per heavy atom. The molecule has 0 bridgehead atoms. The van der Waals surface area contributed by atoms with E-state index in [9.17, 15) is 0 Å². The fourth-order valence-electron chi connectivity index (χ4n) is 1.71. The van der Waals surface area contributed by atoms with Crippen LogP contribution in [-0.2, 0) is 0 Å². The molecule has 0 spiro atoms. The van der Waals surface area contributed by atoms with Crippen LogP contribution in [0.5, 0.6) is 11.5 Å². The molecular weight excluding hydrogens is 330 g/mol.